The van der Waals surface area contributed by atoms with Crippen molar-refractivity contribution in [1.29, 1.82) is 0 Å². The molecule has 0 aliphatic carbocycles. The number of ether oxygens (including phenoxy) is 2. The number of benzene rings is 2. The van der Waals surface area contributed by atoms with Crippen LogP contribution in [0.4, 0.5) is 0 Å². The third-order valence-corrected chi connectivity index (χ3v) is 6.67. The van der Waals surface area contributed by atoms with E-state index in [1.165, 1.54) is 0 Å². The van der Waals surface area contributed by atoms with Crippen LogP contribution in [-0.2, 0) is 16.0 Å². The van der Waals surface area contributed by atoms with Crippen LogP contribution >= 0.6 is 0 Å². The number of carbonyl (C=O) groups excluding carboxylic acids is 1. The van der Waals surface area contributed by atoms with Crippen LogP contribution in [0.5, 0.6) is 5.75 Å². The first-order valence-electron chi connectivity index (χ1n) is 12.6. The lowest BCUT2D eigenvalue weighted by Crippen LogP contribution is -2.48. The molecule has 194 valence electrons. The molecule has 0 atom stereocenters. The van der Waals surface area contributed by atoms with Gasteiger partial charge in [-0.3, -0.25) is 4.79 Å². The van der Waals surface area contributed by atoms with Crippen LogP contribution in [0.2, 0.25) is 0 Å². The molecule has 0 saturated carbocycles. The standard InChI is InChI=1S/C30H31N5O3/c1-22-17-26(38-3)20-31-28(18-22)33-13-15-34(16-14-33)30(36)19-29-32-27(23-9-11-25(37-2)12-10-23)21-35(29)24-7-5-4-6-8-24/h4-12,17-18,20-21H,1,13-16,19H2,2-3H3. The van der Waals surface area contributed by atoms with E-state index in [1.54, 1.807) is 20.4 Å². The zero-order valence-electron chi connectivity index (χ0n) is 21.7. The Labute approximate surface area is 222 Å². The van der Waals surface area contributed by atoms with Crippen molar-refractivity contribution in [3.8, 4) is 22.7 Å². The van der Waals surface area contributed by atoms with E-state index in [9.17, 15) is 4.79 Å². The Balaban J connectivity index is 1.30. The first kappa shape index (κ1) is 25.1. The Bertz CT molecular complexity index is 1400. The number of hydrogen-bond acceptors (Lipinski definition) is 6. The number of piperazine rings is 1. The smallest absolute Gasteiger partial charge is 0.230 e. The maximum absolute atomic E-state index is 13.4. The molecule has 1 fully saturated rings. The monoisotopic (exact) mass is 509 g/mol. The van der Waals surface area contributed by atoms with Crippen LogP contribution in [-0.4, -0.2) is 71.9 Å². The lowest BCUT2D eigenvalue weighted by Gasteiger charge is -2.36. The highest BCUT2D eigenvalue weighted by atomic mass is 16.5. The molecule has 2 aliphatic heterocycles. The quantitative estimate of drug-likeness (QED) is 0.476. The molecule has 0 radical (unpaired) electrons. The summed E-state index contributed by atoms with van der Waals surface area (Å²) in [5.41, 5.74) is 3.57. The van der Waals surface area contributed by atoms with Gasteiger partial charge in [0.15, 0.2) is 0 Å². The second-order valence-electron chi connectivity index (χ2n) is 9.11. The molecule has 5 rings (SSSR count). The number of nitrogens with zero attached hydrogens (tertiary/aromatic N) is 5. The number of carbonyl (C=O) groups is 1. The van der Waals surface area contributed by atoms with Crippen LogP contribution in [0.15, 0.2) is 102 Å². The number of amides is 1. The van der Waals surface area contributed by atoms with E-state index in [0.29, 0.717) is 37.8 Å². The van der Waals surface area contributed by atoms with E-state index >= 15 is 0 Å². The van der Waals surface area contributed by atoms with Crippen LogP contribution < -0.4 is 4.74 Å². The van der Waals surface area contributed by atoms with Gasteiger partial charge in [-0.1, -0.05) is 24.8 Å². The summed E-state index contributed by atoms with van der Waals surface area (Å²) in [4.78, 5) is 26.9. The molecule has 3 heterocycles. The average molecular weight is 510 g/mol. The molecule has 0 spiro atoms. The maximum atomic E-state index is 13.4. The fourth-order valence-electron chi connectivity index (χ4n) is 4.57. The Kier molecular flexibility index (Phi) is 7.40. The molecule has 8 heteroatoms. The third-order valence-electron chi connectivity index (χ3n) is 6.67. The van der Waals surface area contributed by atoms with Gasteiger partial charge in [0.1, 0.15) is 23.2 Å². The van der Waals surface area contributed by atoms with Crippen molar-refractivity contribution in [2.75, 3.05) is 40.4 Å². The summed E-state index contributed by atoms with van der Waals surface area (Å²) in [5, 5.41) is 0. The minimum absolute atomic E-state index is 0.0554. The number of methoxy groups -OCH3 is 2. The van der Waals surface area contributed by atoms with Gasteiger partial charge in [0.2, 0.25) is 5.91 Å². The number of hydrogen-bond donors (Lipinski definition) is 0. The van der Waals surface area contributed by atoms with Crippen LogP contribution in [0, 0.1) is 0 Å². The molecule has 0 unspecified atom stereocenters. The number of para-hydroxylation sites is 1. The van der Waals surface area contributed by atoms with Gasteiger partial charge in [-0.05, 0) is 54.1 Å². The van der Waals surface area contributed by atoms with Crippen molar-refractivity contribution >= 4 is 12.1 Å². The lowest BCUT2D eigenvalue weighted by molar-refractivity contribution is -0.132. The van der Waals surface area contributed by atoms with Gasteiger partial charge >= 0.3 is 0 Å². The van der Waals surface area contributed by atoms with Gasteiger partial charge in [0.05, 0.1) is 32.5 Å². The number of aromatic nitrogens is 2. The molecule has 3 aromatic rings. The van der Waals surface area contributed by atoms with E-state index in [2.05, 4.69) is 16.5 Å². The van der Waals surface area contributed by atoms with Crippen LogP contribution in [0.25, 0.3) is 16.9 Å². The van der Waals surface area contributed by atoms with Crippen molar-refractivity contribution < 1.29 is 14.3 Å². The van der Waals surface area contributed by atoms with E-state index in [-0.39, 0.29) is 12.3 Å². The van der Waals surface area contributed by atoms with Gasteiger partial charge in [-0.15, -0.1) is 0 Å². The number of imidazole rings is 1. The zero-order chi connectivity index (χ0) is 26.5. The summed E-state index contributed by atoms with van der Waals surface area (Å²) in [5.74, 6) is 3.04. The second-order valence-corrected chi connectivity index (χ2v) is 9.11. The van der Waals surface area contributed by atoms with E-state index in [1.807, 2.05) is 82.4 Å². The first-order chi connectivity index (χ1) is 18.5. The first-order valence-corrected chi connectivity index (χ1v) is 12.6. The molecule has 2 aromatic carbocycles. The summed E-state index contributed by atoms with van der Waals surface area (Å²) >= 11 is 0. The van der Waals surface area contributed by atoms with Gasteiger partial charge in [0, 0.05) is 43.6 Å². The highest BCUT2D eigenvalue weighted by Gasteiger charge is 2.25. The van der Waals surface area contributed by atoms with Crippen molar-refractivity contribution in [2.45, 2.75) is 6.42 Å². The normalized spacial score (nSPS) is 15.6. The Hall–Kier alpha value is -4.59. The molecule has 1 aromatic heterocycles. The molecular formula is C30H31N5O3. The molecule has 2 aliphatic rings. The predicted molar refractivity (Wildman–Crippen MR) is 148 cm³/mol. The van der Waals surface area contributed by atoms with Crippen LogP contribution in [0.3, 0.4) is 0 Å². The van der Waals surface area contributed by atoms with Gasteiger partial charge < -0.3 is 23.8 Å². The zero-order valence-corrected chi connectivity index (χ0v) is 21.7. The van der Waals surface area contributed by atoms with Crippen molar-refractivity contribution in [3.05, 3.63) is 103 Å². The molecule has 8 nitrogen and oxygen atoms in total. The molecule has 0 N–H and O–H groups in total. The van der Waals surface area contributed by atoms with E-state index in [0.717, 1.165) is 34.1 Å². The average Bonchev–Trinajstić information content (AvgIpc) is 3.28. The van der Waals surface area contributed by atoms with Crippen LogP contribution in [0.1, 0.15) is 5.82 Å². The molecular weight excluding hydrogens is 478 g/mol. The fraction of sp³-hybridized carbons (Fsp3) is 0.233. The molecule has 0 bridgehead atoms. The van der Waals surface area contributed by atoms with Crippen molar-refractivity contribution in [3.63, 3.8) is 0 Å². The SMILES string of the molecule is C=C1C=C(OC)C=NC(N2CCN(C(=O)Cc3nc(-c4ccc(OC)cc4)cn3-c3ccccc3)CC2)=C1. The molecule has 1 amide bonds. The summed E-state index contributed by atoms with van der Waals surface area (Å²) < 4.78 is 12.6. The second kappa shape index (κ2) is 11.2. The Morgan fingerprint density at radius 1 is 0.947 bits per heavy atom. The van der Waals surface area contributed by atoms with Gasteiger partial charge in [-0.25, -0.2) is 9.98 Å². The fourth-order valence-corrected chi connectivity index (χ4v) is 4.57. The Morgan fingerprint density at radius 3 is 2.37 bits per heavy atom. The minimum Gasteiger partial charge on any atom is -0.497 e. The predicted octanol–water partition coefficient (Wildman–Crippen LogP) is 4.25. The van der Waals surface area contributed by atoms with E-state index < -0.39 is 0 Å². The maximum Gasteiger partial charge on any atom is 0.230 e. The summed E-state index contributed by atoms with van der Waals surface area (Å²) in [6.45, 7) is 6.65. The third kappa shape index (κ3) is 5.54. The highest BCUT2D eigenvalue weighted by Crippen LogP contribution is 2.25. The molecule has 38 heavy (non-hydrogen) atoms. The Morgan fingerprint density at radius 2 is 1.68 bits per heavy atom. The highest BCUT2D eigenvalue weighted by molar-refractivity contribution is 5.79. The minimum atomic E-state index is 0.0554. The number of aliphatic imine (C=N–C) groups is 1. The summed E-state index contributed by atoms with van der Waals surface area (Å²) in [6.07, 6.45) is 7.70. The number of allylic oxidation sites excluding steroid dienone is 4. The summed E-state index contributed by atoms with van der Waals surface area (Å²) in [6, 6.07) is 17.8. The largest absolute Gasteiger partial charge is 0.497 e. The van der Waals surface area contributed by atoms with Crippen molar-refractivity contribution in [2.24, 2.45) is 4.99 Å². The van der Waals surface area contributed by atoms with Gasteiger partial charge in [0.25, 0.3) is 0 Å². The van der Waals surface area contributed by atoms with E-state index in [4.69, 9.17) is 14.5 Å². The summed E-state index contributed by atoms with van der Waals surface area (Å²) in [7, 11) is 3.26. The number of rotatable bonds is 7. The van der Waals surface area contributed by atoms with Crippen molar-refractivity contribution in [1.82, 2.24) is 19.4 Å². The molecule has 1 saturated heterocycles. The topological polar surface area (TPSA) is 72.2 Å². The van der Waals surface area contributed by atoms with Gasteiger partial charge in [-0.2, -0.15) is 0 Å². The lowest BCUT2D eigenvalue weighted by atomic mass is 10.1.